The van der Waals surface area contributed by atoms with Gasteiger partial charge in [0, 0.05) is 18.5 Å². The summed E-state index contributed by atoms with van der Waals surface area (Å²) in [5, 5.41) is 5.34. The van der Waals surface area contributed by atoms with Gasteiger partial charge in [-0.05, 0) is 55.8 Å². The summed E-state index contributed by atoms with van der Waals surface area (Å²) in [5.74, 6) is 1.61. The van der Waals surface area contributed by atoms with Gasteiger partial charge in [0.15, 0.2) is 18.1 Å². The van der Waals surface area contributed by atoms with Crippen LogP contribution in [0.2, 0.25) is 0 Å². The van der Waals surface area contributed by atoms with Crippen molar-refractivity contribution in [2.75, 3.05) is 32.2 Å². The molecule has 4 rings (SSSR count). The Morgan fingerprint density at radius 1 is 1.15 bits per heavy atom. The van der Waals surface area contributed by atoms with Crippen molar-refractivity contribution in [2.24, 2.45) is 5.10 Å². The van der Waals surface area contributed by atoms with Crippen LogP contribution in [0.4, 0.5) is 5.82 Å². The summed E-state index contributed by atoms with van der Waals surface area (Å²) in [6, 6.07) is 17.2. The lowest BCUT2D eigenvalue weighted by molar-refractivity contribution is -0.145. The van der Waals surface area contributed by atoms with Crippen LogP contribution < -0.4 is 14.9 Å². The molecule has 1 N–H and O–H groups in total. The van der Waals surface area contributed by atoms with Gasteiger partial charge in [0.25, 0.3) is 5.91 Å². The monoisotopic (exact) mass is 448 g/mol. The number of carbonyl (C=O) groups is 1. The number of ether oxygens (including phenoxy) is 3. The van der Waals surface area contributed by atoms with Crippen LogP contribution in [0.25, 0.3) is 10.9 Å². The molecule has 1 saturated heterocycles. The molecule has 3 aromatic rings. The van der Waals surface area contributed by atoms with Crippen molar-refractivity contribution in [1.29, 1.82) is 0 Å². The van der Waals surface area contributed by atoms with E-state index in [0.29, 0.717) is 30.4 Å². The summed E-state index contributed by atoms with van der Waals surface area (Å²) in [4.78, 5) is 18.9. The molecule has 1 aliphatic rings. The third-order valence-corrected chi connectivity index (χ3v) is 5.30. The molecule has 2 heterocycles. The molecule has 1 amide bonds. The zero-order valence-electron chi connectivity index (χ0n) is 19.0. The van der Waals surface area contributed by atoms with E-state index in [1.54, 1.807) is 30.4 Å². The fourth-order valence-electron chi connectivity index (χ4n) is 3.80. The molecule has 2 atom stereocenters. The second kappa shape index (κ2) is 10.3. The van der Waals surface area contributed by atoms with Crippen LogP contribution in [-0.4, -0.2) is 61.0 Å². The van der Waals surface area contributed by atoms with E-state index >= 15 is 0 Å². The summed E-state index contributed by atoms with van der Waals surface area (Å²) in [6.07, 6.45) is 1.71. The van der Waals surface area contributed by atoms with Crippen LogP contribution in [0.15, 0.2) is 59.7 Å². The van der Waals surface area contributed by atoms with Crippen molar-refractivity contribution in [3.63, 3.8) is 0 Å². The van der Waals surface area contributed by atoms with Crippen LogP contribution in [-0.2, 0) is 9.53 Å². The number of nitrogens with zero attached hydrogens (tertiary/aromatic N) is 3. The quantitative estimate of drug-likeness (QED) is 0.438. The van der Waals surface area contributed by atoms with Gasteiger partial charge in [0.05, 0.1) is 31.0 Å². The number of nitrogens with one attached hydrogen (secondary N) is 1. The number of amides is 1. The number of morpholine rings is 1. The average Bonchev–Trinajstić information content (AvgIpc) is 2.82. The summed E-state index contributed by atoms with van der Waals surface area (Å²) < 4.78 is 16.9. The molecule has 0 bridgehead atoms. The van der Waals surface area contributed by atoms with E-state index in [1.807, 2.05) is 56.3 Å². The molecule has 2 unspecified atom stereocenters. The van der Waals surface area contributed by atoms with Crippen LogP contribution in [0.5, 0.6) is 11.5 Å². The Kier molecular flexibility index (Phi) is 7.04. The number of hydrogen-bond donors (Lipinski definition) is 1. The molecule has 1 aliphatic heterocycles. The summed E-state index contributed by atoms with van der Waals surface area (Å²) >= 11 is 0. The van der Waals surface area contributed by atoms with Gasteiger partial charge in [-0.2, -0.15) is 5.10 Å². The normalized spacial score (nSPS) is 18.5. The number of benzene rings is 2. The molecule has 8 heteroatoms. The lowest BCUT2D eigenvalue weighted by Gasteiger charge is -2.35. The standard InChI is InChI=1S/C25H28N4O4/c1-17-14-29(15-18(2)33-17)25(30)16-32-22-10-8-19(12-23(22)31-3)13-26-28-24-11-9-20-6-4-5-7-21(20)27-24/h4-13,17-18H,14-16H2,1-3H3,(H,27,28). The second-order valence-electron chi connectivity index (χ2n) is 8.01. The molecule has 33 heavy (non-hydrogen) atoms. The van der Waals surface area contributed by atoms with Gasteiger partial charge in [-0.3, -0.25) is 10.2 Å². The maximum Gasteiger partial charge on any atom is 0.260 e. The number of hydrogen-bond acceptors (Lipinski definition) is 7. The number of fused-ring (bicyclic) bond motifs is 1. The number of para-hydroxylation sites is 1. The Balaban J connectivity index is 1.36. The first kappa shape index (κ1) is 22.5. The predicted molar refractivity (Wildman–Crippen MR) is 128 cm³/mol. The average molecular weight is 449 g/mol. The number of hydrazone groups is 1. The Labute approximate surface area is 193 Å². The Morgan fingerprint density at radius 2 is 1.94 bits per heavy atom. The first-order valence-electron chi connectivity index (χ1n) is 10.9. The minimum atomic E-state index is -0.0724. The van der Waals surface area contributed by atoms with Crippen molar-refractivity contribution >= 4 is 28.8 Å². The van der Waals surface area contributed by atoms with Gasteiger partial charge in [0.2, 0.25) is 0 Å². The van der Waals surface area contributed by atoms with Gasteiger partial charge in [0.1, 0.15) is 5.82 Å². The highest BCUT2D eigenvalue weighted by Gasteiger charge is 2.26. The van der Waals surface area contributed by atoms with Crippen molar-refractivity contribution in [3.05, 3.63) is 60.2 Å². The minimum absolute atomic E-state index is 0.0178. The number of methoxy groups -OCH3 is 1. The molecule has 0 saturated carbocycles. The van der Waals surface area contributed by atoms with Crippen LogP contribution in [0, 0.1) is 0 Å². The molecule has 0 spiro atoms. The third-order valence-electron chi connectivity index (χ3n) is 5.30. The third kappa shape index (κ3) is 5.78. The lowest BCUT2D eigenvalue weighted by Crippen LogP contribution is -2.49. The molecule has 172 valence electrons. The predicted octanol–water partition coefficient (Wildman–Crippen LogP) is 3.70. The molecule has 1 fully saturated rings. The van der Waals surface area contributed by atoms with Crippen molar-refractivity contribution < 1.29 is 19.0 Å². The Morgan fingerprint density at radius 3 is 2.73 bits per heavy atom. The first-order valence-corrected chi connectivity index (χ1v) is 10.9. The number of rotatable bonds is 7. The van der Waals surface area contributed by atoms with E-state index in [0.717, 1.165) is 16.5 Å². The highest BCUT2D eigenvalue weighted by atomic mass is 16.5. The fraction of sp³-hybridized carbons (Fsp3) is 0.320. The molecule has 0 aliphatic carbocycles. The van der Waals surface area contributed by atoms with Gasteiger partial charge in [-0.1, -0.05) is 18.2 Å². The van der Waals surface area contributed by atoms with E-state index in [1.165, 1.54) is 0 Å². The zero-order chi connectivity index (χ0) is 23.2. The van der Waals surface area contributed by atoms with E-state index < -0.39 is 0 Å². The highest BCUT2D eigenvalue weighted by molar-refractivity contribution is 5.83. The van der Waals surface area contributed by atoms with Crippen LogP contribution >= 0.6 is 0 Å². The van der Waals surface area contributed by atoms with Gasteiger partial charge in [-0.25, -0.2) is 4.98 Å². The highest BCUT2D eigenvalue weighted by Crippen LogP contribution is 2.28. The minimum Gasteiger partial charge on any atom is -0.493 e. The van der Waals surface area contributed by atoms with Crippen molar-refractivity contribution in [1.82, 2.24) is 9.88 Å². The van der Waals surface area contributed by atoms with Crippen LogP contribution in [0.1, 0.15) is 19.4 Å². The summed E-state index contributed by atoms with van der Waals surface area (Å²) in [5.41, 5.74) is 4.66. The zero-order valence-corrected chi connectivity index (χ0v) is 19.0. The Hall–Kier alpha value is -3.65. The number of anilines is 1. The number of carbonyl (C=O) groups excluding carboxylic acids is 1. The second-order valence-corrected chi connectivity index (χ2v) is 8.01. The molecular weight excluding hydrogens is 420 g/mol. The lowest BCUT2D eigenvalue weighted by atomic mass is 10.2. The van der Waals surface area contributed by atoms with Gasteiger partial charge in [-0.15, -0.1) is 0 Å². The fourth-order valence-corrected chi connectivity index (χ4v) is 3.80. The summed E-state index contributed by atoms with van der Waals surface area (Å²) in [7, 11) is 1.56. The SMILES string of the molecule is COc1cc(C=NNc2ccc3ccccc3n2)ccc1OCC(=O)N1CC(C)OC(C)C1. The molecule has 0 radical (unpaired) electrons. The topological polar surface area (TPSA) is 85.3 Å². The smallest absolute Gasteiger partial charge is 0.260 e. The van der Waals surface area contributed by atoms with E-state index in [-0.39, 0.29) is 24.7 Å². The molecule has 2 aromatic carbocycles. The van der Waals surface area contributed by atoms with Gasteiger partial charge >= 0.3 is 0 Å². The number of pyridine rings is 1. The van der Waals surface area contributed by atoms with Crippen molar-refractivity contribution in [2.45, 2.75) is 26.1 Å². The largest absolute Gasteiger partial charge is 0.493 e. The van der Waals surface area contributed by atoms with E-state index in [2.05, 4.69) is 15.5 Å². The van der Waals surface area contributed by atoms with Gasteiger partial charge < -0.3 is 19.1 Å². The summed E-state index contributed by atoms with van der Waals surface area (Å²) in [6.45, 7) is 5.00. The van der Waals surface area contributed by atoms with Crippen LogP contribution in [0.3, 0.4) is 0 Å². The maximum atomic E-state index is 12.6. The maximum absolute atomic E-state index is 12.6. The van der Waals surface area contributed by atoms with Crippen molar-refractivity contribution in [3.8, 4) is 11.5 Å². The Bertz CT molecular complexity index is 1140. The van der Waals surface area contributed by atoms with E-state index in [9.17, 15) is 4.79 Å². The number of aromatic nitrogens is 1. The first-order chi connectivity index (χ1) is 16.0. The molecule has 1 aromatic heterocycles. The molecule has 8 nitrogen and oxygen atoms in total. The van der Waals surface area contributed by atoms with E-state index in [4.69, 9.17) is 14.2 Å². The molecular formula is C25H28N4O4.